The van der Waals surface area contributed by atoms with Gasteiger partial charge >= 0.3 is 0 Å². The average molecular weight is 263 g/mol. The van der Waals surface area contributed by atoms with Gasteiger partial charge in [0.05, 0.1) is 24.6 Å². The number of nitrogens with zero attached hydrogens (tertiary/aromatic N) is 3. The number of amides is 1. The Bertz CT molecular complexity index is 451. The smallest absolute Gasteiger partial charge is 0.223 e. The van der Waals surface area contributed by atoms with Crippen LogP contribution in [0.4, 0.5) is 5.82 Å². The Balaban J connectivity index is 2.01. The standard InChI is InChI=1S/C13H21N5O/c1-13(2,3)9-4-12(19)18(7-9)8-10-5-16-11(17-14)6-15-10/h5-6,9H,4,7-8,14H2,1-3H3,(H,16,17). The molecule has 3 N–H and O–H groups in total. The topological polar surface area (TPSA) is 84.1 Å². The van der Waals surface area contributed by atoms with E-state index in [4.69, 9.17) is 5.84 Å². The molecule has 2 rings (SSSR count). The van der Waals surface area contributed by atoms with E-state index in [0.717, 1.165) is 12.2 Å². The summed E-state index contributed by atoms with van der Waals surface area (Å²) in [6.45, 7) is 7.84. The van der Waals surface area contributed by atoms with Crippen molar-refractivity contribution in [2.24, 2.45) is 17.2 Å². The molecule has 0 aliphatic carbocycles. The van der Waals surface area contributed by atoms with Crippen LogP contribution < -0.4 is 11.3 Å². The zero-order valence-corrected chi connectivity index (χ0v) is 11.7. The van der Waals surface area contributed by atoms with Crippen LogP contribution in [0, 0.1) is 11.3 Å². The fourth-order valence-electron chi connectivity index (χ4n) is 2.21. The molecule has 0 spiro atoms. The monoisotopic (exact) mass is 263 g/mol. The summed E-state index contributed by atoms with van der Waals surface area (Å²) in [6.07, 6.45) is 3.84. The summed E-state index contributed by atoms with van der Waals surface area (Å²) in [4.78, 5) is 22.2. The maximum absolute atomic E-state index is 12.0. The Kier molecular flexibility index (Phi) is 3.71. The Morgan fingerprint density at radius 2 is 2.16 bits per heavy atom. The van der Waals surface area contributed by atoms with Crippen molar-refractivity contribution >= 4 is 11.7 Å². The van der Waals surface area contributed by atoms with Gasteiger partial charge in [0.25, 0.3) is 0 Å². The van der Waals surface area contributed by atoms with Gasteiger partial charge in [0.2, 0.25) is 5.91 Å². The van der Waals surface area contributed by atoms with Crippen LogP contribution in [0.3, 0.4) is 0 Å². The van der Waals surface area contributed by atoms with Crippen molar-refractivity contribution in [3.63, 3.8) is 0 Å². The molecule has 1 unspecified atom stereocenters. The second-order valence-electron chi connectivity index (χ2n) is 6.08. The number of aromatic nitrogens is 2. The lowest BCUT2D eigenvalue weighted by molar-refractivity contribution is -0.128. The van der Waals surface area contributed by atoms with Crippen LogP contribution in [0.15, 0.2) is 12.4 Å². The SMILES string of the molecule is CC(C)(C)C1CC(=O)N(Cc2cnc(NN)cn2)C1. The molecule has 19 heavy (non-hydrogen) atoms. The molecule has 1 aromatic heterocycles. The van der Waals surface area contributed by atoms with Crippen LogP contribution in [0.1, 0.15) is 32.9 Å². The molecule has 0 radical (unpaired) electrons. The van der Waals surface area contributed by atoms with E-state index in [0.29, 0.717) is 24.7 Å². The first-order chi connectivity index (χ1) is 8.90. The van der Waals surface area contributed by atoms with E-state index in [1.54, 1.807) is 12.4 Å². The lowest BCUT2D eigenvalue weighted by Gasteiger charge is -2.26. The van der Waals surface area contributed by atoms with E-state index in [1.807, 2.05) is 4.90 Å². The second-order valence-corrected chi connectivity index (χ2v) is 6.08. The van der Waals surface area contributed by atoms with Crippen molar-refractivity contribution in [3.05, 3.63) is 18.1 Å². The number of rotatable bonds is 3. The van der Waals surface area contributed by atoms with Gasteiger partial charge in [-0.05, 0) is 11.3 Å². The van der Waals surface area contributed by atoms with Crippen molar-refractivity contribution in [2.45, 2.75) is 33.7 Å². The number of hydrazine groups is 1. The van der Waals surface area contributed by atoms with Gasteiger partial charge in [-0.2, -0.15) is 0 Å². The summed E-state index contributed by atoms with van der Waals surface area (Å²) < 4.78 is 0. The molecule has 0 saturated carbocycles. The van der Waals surface area contributed by atoms with Crippen LogP contribution in [-0.2, 0) is 11.3 Å². The van der Waals surface area contributed by atoms with Gasteiger partial charge in [0, 0.05) is 13.0 Å². The number of nitrogens with one attached hydrogen (secondary N) is 1. The van der Waals surface area contributed by atoms with Gasteiger partial charge < -0.3 is 10.3 Å². The summed E-state index contributed by atoms with van der Waals surface area (Å²) >= 11 is 0. The third-order valence-electron chi connectivity index (χ3n) is 3.65. The molecule has 1 atom stereocenters. The first-order valence-electron chi connectivity index (χ1n) is 6.45. The Labute approximate surface area is 113 Å². The van der Waals surface area contributed by atoms with Crippen molar-refractivity contribution in [2.75, 3.05) is 12.0 Å². The van der Waals surface area contributed by atoms with E-state index >= 15 is 0 Å². The molecule has 1 amide bonds. The number of nitrogens with two attached hydrogens (primary N) is 1. The van der Waals surface area contributed by atoms with Crippen molar-refractivity contribution in [1.29, 1.82) is 0 Å². The lowest BCUT2D eigenvalue weighted by Crippen LogP contribution is -2.27. The molecule has 1 fully saturated rings. The molecule has 104 valence electrons. The molecular weight excluding hydrogens is 242 g/mol. The Morgan fingerprint density at radius 3 is 2.63 bits per heavy atom. The normalized spacial score (nSPS) is 19.9. The van der Waals surface area contributed by atoms with E-state index in [-0.39, 0.29) is 11.3 Å². The zero-order chi connectivity index (χ0) is 14.0. The summed E-state index contributed by atoms with van der Waals surface area (Å²) in [5.74, 6) is 6.35. The molecular formula is C13H21N5O. The summed E-state index contributed by atoms with van der Waals surface area (Å²) in [5.41, 5.74) is 3.37. The van der Waals surface area contributed by atoms with Crippen LogP contribution in [0.2, 0.25) is 0 Å². The van der Waals surface area contributed by atoms with E-state index in [9.17, 15) is 4.79 Å². The molecule has 1 aromatic rings. The average Bonchev–Trinajstić information content (AvgIpc) is 2.72. The number of carbonyl (C=O) groups is 1. The number of nitrogen functional groups attached to an aromatic ring is 1. The number of hydrogen-bond acceptors (Lipinski definition) is 5. The predicted octanol–water partition coefficient (Wildman–Crippen LogP) is 1.16. The van der Waals surface area contributed by atoms with Gasteiger partial charge in [0.15, 0.2) is 5.82 Å². The first kappa shape index (κ1) is 13.7. The van der Waals surface area contributed by atoms with Gasteiger partial charge in [-0.25, -0.2) is 10.8 Å². The maximum Gasteiger partial charge on any atom is 0.223 e. The minimum Gasteiger partial charge on any atom is -0.336 e. The van der Waals surface area contributed by atoms with E-state index < -0.39 is 0 Å². The number of anilines is 1. The minimum atomic E-state index is 0.156. The van der Waals surface area contributed by atoms with Crippen LogP contribution in [0.5, 0.6) is 0 Å². The lowest BCUT2D eigenvalue weighted by atomic mass is 9.80. The van der Waals surface area contributed by atoms with E-state index in [1.165, 1.54) is 0 Å². The fourth-order valence-corrected chi connectivity index (χ4v) is 2.21. The molecule has 6 heteroatoms. The van der Waals surface area contributed by atoms with E-state index in [2.05, 4.69) is 36.2 Å². The third kappa shape index (κ3) is 3.20. The quantitative estimate of drug-likeness (QED) is 0.631. The molecule has 0 aromatic carbocycles. The van der Waals surface area contributed by atoms with Gasteiger partial charge in [0.1, 0.15) is 0 Å². The highest BCUT2D eigenvalue weighted by molar-refractivity contribution is 5.78. The molecule has 2 heterocycles. The summed E-state index contributed by atoms with van der Waals surface area (Å²) in [7, 11) is 0. The fraction of sp³-hybridized carbons (Fsp3) is 0.615. The minimum absolute atomic E-state index is 0.156. The van der Waals surface area contributed by atoms with Crippen LogP contribution >= 0.6 is 0 Å². The number of likely N-dealkylation sites (tertiary alicyclic amines) is 1. The Morgan fingerprint density at radius 1 is 1.42 bits per heavy atom. The molecule has 6 nitrogen and oxygen atoms in total. The number of carbonyl (C=O) groups excluding carboxylic acids is 1. The van der Waals surface area contributed by atoms with Crippen LogP contribution in [-0.4, -0.2) is 27.3 Å². The van der Waals surface area contributed by atoms with Crippen molar-refractivity contribution in [1.82, 2.24) is 14.9 Å². The predicted molar refractivity (Wildman–Crippen MR) is 72.8 cm³/mol. The Hall–Kier alpha value is -1.69. The summed E-state index contributed by atoms with van der Waals surface area (Å²) in [5, 5.41) is 0. The largest absolute Gasteiger partial charge is 0.336 e. The highest BCUT2D eigenvalue weighted by atomic mass is 16.2. The molecule has 1 aliphatic rings. The summed E-state index contributed by atoms with van der Waals surface area (Å²) in [6, 6.07) is 0. The molecule has 0 bridgehead atoms. The third-order valence-corrected chi connectivity index (χ3v) is 3.65. The molecule has 1 aliphatic heterocycles. The van der Waals surface area contributed by atoms with Crippen molar-refractivity contribution in [3.8, 4) is 0 Å². The zero-order valence-electron chi connectivity index (χ0n) is 11.7. The molecule has 1 saturated heterocycles. The maximum atomic E-state index is 12.0. The van der Waals surface area contributed by atoms with Crippen LogP contribution in [0.25, 0.3) is 0 Å². The van der Waals surface area contributed by atoms with Gasteiger partial charge in [-0.15, -0.1) is 0 Å². The van der Waals surface area contributed by atoms with Crippen molar-refractivity contribution < 1.29 is 4.79 Å². The van der Waals surface area contributed by atoms with Gasteiger partial charge in [-0.1, -0.05) is 20.8 Å². The number of hydrogen-bond donors (Lipinski definition) is 2. The highest BCUT2D eigenvalue weighted by Crippen LogP contribution is 2.34. The first-order valence-corrected chi connectivity index (χ1v) is 6.45. The second kappa shape index (κ2) is 5.13. The highest BCUT2D eigenvalue weighted by Gasteiger charge is 2.36. The van der Waals surface area contributed by atoms with Gasteiger partial charge in [-0.3, -0.25) is 9.78 Å².